The zero-order valence-electron chi connectivity index (χ0n) is 5.45. The van der Waals surface area contributed by atoms with E-state index >= 15 is 0 Å². The lowest BCUT2D eigenvalue weighted by Crippen LogP contribution is -2.25. The van der Waals surface area contributed by atoms with Crippen molar-refractivity contribution >= 4 is 0 Å². The first-order valence-electron chi connectivity index (χ1n) is 3.14. The molecule has 3 heteroatoms. The van der Waals surface area contributed by atoms with E-state index in [4.69, 9.17) is 4.74 Å². The predicted molar refractivity (Wildman–Crippen MR) is 37.3 cm³/mol. The first-order valence-corrected chi connectivity index (χ1v) is 3.14. The number of nitrogens with zero attached hydrogens (tertiary/aromatic N) is 1. The molecule has 0 aromatic rings. The number of allylic oxidation sites excluding steroid dienone is 1. The van der Waals surface area contributed by atoms with Crippen molar-refractivity contribution in [2.75, 3.05) is 6.73 Å². The van der Waals surface area contributed by atoms with E-state index in [1.54, 1.807) is 6.26 Å². The van der Waals surface area contributed by atoms with E-state index in [-0.39, 0.29) is 0 Å². The summed E-state index contributed by atoms with van der Waals surface area (Å²) in [5.74, 6) is 0. The second kappa shape index (κ2) is 2.10. The first-order chi connectivity index (χ1) is 4.97. The maximum atomic E-state index is 5.06. The Bertz CT molecular complexity index is 218. The van der Waals surface area contributed by atoms with E-state index in [1.807, 2.05) is 29.6 Å². The van der Waals surface area contributed by atoms with Gasteiger partial charge in [-0.2, -0.15) is 0 Å². The van der Waals surface area contributed by atoms with Crippen molar-refractivity contribution in [2.24, 2.45) is 0 Å². The van der Waals surface area contributed by atoms with Crippen molar-refractivity contribution in [1.29, 1.82) is 0 Å². The third kappa shape index (κ3) is 0.757. The van der Waals surface area contributed by atoms with Crippen LogP contribution in [0.25, 0.3) is 0 Å². The number of hydrogen-bond donors (Lipinski definition) is 1. The summed E-state index contributed by atoms with van der Waals surface area (Å²) in [6, 6.07) is 0. The minimum absolute atomic E-state index is 0.612. The lowest BCUT2D eigenvalue weighted by molar-refractivity contribution is 0.140. The molecule has 2 aliphatic heterocycles. The van der Waals surface area contributed by atoms with Crippen molar-refractivity contribution in [3.8, 4) is 0 Å². The molecular formula is C7H8N2O. The SMILES string of the molecule is C1=CN2COC=CC2=CN1. The third-order valence-corrected chi connectivity index (χ3v) is 1.46. The average molecular weight is 136 g/mol. The van der Waals surface area contributed by atoms with Gasteiger partial charge in [-0.25, -0.2) is 0 Å². The fraction of sp³-hybridized carbons (Fsp3) is 0.143. The van der Waals surface area contributed by atoms with Crippen molar-refractivity contribution in [3.05, 3.63) is 36.6 Å². The van der Waals surface area contributed by atoms with Gasteiger partial charge < -0.3 is 15.0 Å². The van der Waals surface area contributed by atoms with Crippen LogP contribution in [0.2, 0.25) is 0 Å². The highest BCUT2D eigenvalue weighted by molar-refractivity contribution is 5.22. The Balaban J connectivity index is 2.26. The van der Waals surface area contributed by atoms with Crippen LogP contribution in [0.4, 0.5) is 0 Å². The molecule has 10 heavy (non-hydrogen) atoms. The molecule has 0 saturated heterocycles. The molecule has 1 N–H and O–H groups in total. The highest BCUT2D eigenvalue weighted by Crippen LogP contribution is 2.13. The van der Waals surface area contributed by atoms with Gasteiger partial charge in [0.25, 0.3) is 0 Å². The molecule has 2 rings (SSSR count). The highest BCUT2D eigenvalue weighted by atomic mass is 16.5. The first kappa shape index (κ1) is 5.41. The summed E-state index contributed by atoms with van der Waals surface area (Å²) in [6.45, 7) is 0.612. The standard InChI is InChI=1S/C7H8N2O/c1-4-10-6-9-3-2-8-5-7(1)9/h1-5,8H,6H2. The Kier molecular flexibility index (Phi) is 1.13. The van der Waals surface area contributed by atoms with Crippen LogP contribution in [0.3, 0.4) is 0 Å². The monoisotopic (exact) mass is 136 g/mol. The van der Waals surface area contributed by atoms with Crippen LogP contribution >= 0.6 is 0 Å². The summed E-state index contributed by atoms with van der Waals surface area (Å²) in [4.78, 5) is 2.01. The van der Waals surface area contributed by atoms with Crippen LogP contribution in [0.1, 0.15) is 0 Å². The molecule has 3 nitrogen and oxygen atoms in total. The maximum Gasteiger partial charge on any atom is 0.164 e. The highest BCUT2D eigenvalue weighted by Gasteiger charge is 2.09. The molecule has 0 aromatic heterocycles. The molecule has 0 saturated carbocycles. The van der Waals surface area contributed by atoms with Gasteiger partial charge in [0.1, 0.15) is 0 Å². The fourth-order valence-corrected chi connectivity index (χ4v) is 0.938. The molecule has 0 amide bonds. The van der Waals surface area contributed by atoms with Gasteiger partial charge in [-0.05, 0) is 6.08 Å². The number of fused-ring (bicyclic) bond motifs is 1. The number of hydrogen-bond acceptors (Lipinski definition) is 3. The van der Waals surface area contributed by atoms with Gasteiger partial charge in [-0.15, -0.1) is 0 Å². The minimum Gasteiger partial charge on any atom is -0.480 e. The van der Waals surface area contributed by atoms with Crippen LogP contribution < -0.4 is 5.32 Å². The summed E-state index contributed by atoms with van der Waals surface area (Å²) in [6.07, 6.45) is 9.35. The van der Waals surface area contributed by atoms with Gasteiger partial charge in [0.05, 0.1) is 12.0 Å². The fourth-order valence-electron chi connectivity index (χ4n) is 0.938. The summed E-state index contributed by atoms with van der Waals surface area (Å²) >= 11 is 0. The van der Waals surface area contributed by atoms with Crippen molar-refractivity contribution < 1.29 is 4.74 Å². The molecule has 52 valence electrons. The van der Waals surface area contributed by atoms with E-state index in [0.717, 1.165) is 5.70 Å². The van der Waals surface area contributed by atoms with Crippen LogP contribution in [0.15, 0.2) is 36.6 Å². The van der Waals surface area contributed by atoms with E-state index in [2.05, 4.69) is 5.32 Å². The normalized spacial score (nSPS) is 20.8. The smallest absolute Gasteiger partial charge is 0.164 e. The van der Waals surface area contributed by atoms with Gasteiger partial charge in [0.15, 0.2) is 6.73 Å². The lowest BCUT2D eigenvalue weighted by Gasteiger charge is -2.26. The molecule has 2 aliphatic rings. The molecule has 0 bridgehead atoms. The number of nitrogens with one attached hydrogen (secondary N) is 1. The molecule has 0 atom stereocenters. The van der Waals surface area contributed by atoms with Crippen molar-refractivity contribution in [1.82, 2.24) is 10.2 Å². The predicted octanol–water partition coefficient (Wildman–Crippen LogP) is 0.706. The Morgan fingerprint density at radius 3 is 3.50 bits per heavy atom. The minimum atomic E-state index is 0.612. The Labute approximate surface area is 59.3 Å². The van der Waals surface area contributed by atoms with Gasteiger partial charge >= 0.3 is 0 Å². The number of ether oxygens (including phenoxy) is 1. The van der Waals surface area contributed by atoms with E-state index in [0.29, 0.717) is 6.73 Å². The molecular weight excluding hydrogens is 128 g/mol. The van der Waals surface area contributed by atoms with E-state index < -0.39 is 0 Å². The van der Waals surface area contributed by atoms with E-state index in [1.165, 1.54) is 0 Å². The van der Waals surface area contributed by atoms with Gasteiger partial charge in [0.2, 0.25) is 0 Å². The van der Waals surface area contributed by atoms with Crippen molar-refractivity contribution in [3.63, 3.8) is 0 Å². The zero-order chi connectivity index (χ0) is 6.81. The average Bonchev–Trinajstić information content (AvgIpc) is 2.05. The van der Waals surface area contributed by atoms with Gasteiger partial charge in [-0.3, -0.25) is 0 Å². The van der Waals surface area contributed by atoms with Crippen LogP contribution in [-0.4, -0.2) is 11.6 Å². The summed E-state index contributed by atoms with van der Waals surface area (Å²) in [5.41, 5.74) is 1.13. The van der Waals surface area contributed by atoms with Crippen LogP contribution in [0.5, 0.6) is 0 Å². The maximum absolute atomic E-state index is 5.06. The summed E-state index contributed by atoms with van der Waals surface area (Å²) < 4.78 is 5.06. The van der Waals surface area contributed by atoms with Gasteiger partial charge in [-0.1, -0.05) is 0 Å². The van der Waals surface area contributed by atoms with Gasteiger partial charge in [0, 0.05) is 18.6 Å². The molecule has 0 fully saturated rings. The Morgan fingerprint density at radius 1 is 1.60 bits per heavy atom. The van der Waals surface area contributed by atoms with E-state index in [9.17, 15) is 0 Å². The van der Waals surface area contributed by atoms with Crippen LogP contribution in [0, 0.1) is 0 Å². The molecule has 2 heterocycles. The second-order valence-electron chi connectivity index (χ2n) is 2.12. The lowest BCUT2D eigenvalue weighted by atomic mass is 10.3. The third-order valence-electron chi connectivity index (χ3n) is 1.46. The molecule has 0 spiro atoms. The molecule has 0 radical (unpaired) electrons. The number of rotatable bonds is 0. The molecule has 0 aromatic carbocycles. The topological polar surface area (TPSA) is 24.5 Å². The Hall–Kier alpha value is -1.38. The Morgan fingerprint density at radius 2 is 2.60 bits per heavy atom. The second-order valence-corrected chi connectivity index (χ2v) is 2.12. The zero-order valence-corrected chi connectivity index (χ0v) is 5.45. The molecule has 0 aliphatic carbocycles. The summed E-state index contributed by atoms with van der Waals surface area (Å²) in [7, 11) is 0. The molecule has 0 unspecified atom stereocenters. The largest absolute Gasteiger partial charge is 0.480 e. The summed E-state index contributed by atoms with van der Waals surface area (Å²) in [5, 5.41) is 2.99. The quantitative estimate of drug-likeness (QED) is 0.530. The van der Waals surface area contributed by atoms with Crippen LogP contribution in [-0.2, 0) is 4.74 Å². The van der Waals surface area contributed by atoms with Crippen molar-refractivity contribution in [2.45, 2.75) is 0 Å².